The molecule has 0 aliphatic heterocycles. The number of pyridine rings is 2. The van der Waals surface area contributed by atoms with Gasteiger partial charge in [-0.1, -0.05) is 53.2 Å². The zero-order valence-electron chi connectivity index (χ0n) is 16.0. The number of carbonyl (C=O) groups excluding carboxylic acids is 1. The molecule has 0 unspecified atom stereocenters. The van der Waals surface area contributed by atoms with E-state index in [0.29, 0.717) is 5.56 Å². The van der Waals surface area contributed by atoms with E-state index >= 15 is 0 Å². The van der Waals surface area contributed by atoms with E-state index in [9.17, 15) is 4.79 Å². The SMILES string of the molecule is CC[C@H](NC(=O)c1cc(-c2ccncc2)nc2ccc(Br)cc12)c1ccccc1. The normalized spacial score (nSPS) is 11.9. The quantitative estimate of drug-likeness (QED) is 0.413. The number of hydrogen-bond donors (Lipinski definition) is 1. The van der Waals surface area contributed by atoms with Crippen LogP contribution in [0.2, 0.25) is 0 Å². The van der Waals surface area contributed by atoms with Crippen LogP contribution in [-0.4, -0.2) is 15.9 Å². The molecule has 5 heteroatoms. The Morgan fingerprint density at radius 1 is 1.03 bits per heavy atom. The van der Waals surface area contributed by atoms with Crippen LogP contribution < -0.4 is 5.32 Å². The molecular formula is C24H20BrN3O. The molecule has 0 radical (unpaired) electrons. The minimum absolute atomic E-state index is 0.0524. The molecule has 0 aliphatic rings. The predicted molar refractivity (Wildman–Crippen MR) is 120 cm³/mol. The van der Waals surface area contributed by atoms with Crippen molar-refractivity contribution in [1.29, 1.82) is 0 Å². The summed E-state index contributed by atoms with van der Waals surface area (Å²) in [6.07, 6.45) is 4.26. The third kappa shape index (κ3) is 4.20. The van der Waals surface area contributed by atoms with Gasteiger partial charge in [-0.2, -0.15) is 0 Å². The highest BCUT2D eigenvalue weighted by Gasteiger charge is 2.18. The summed E-state index contributed by atoms with van der Waals surface area (Å²) in [6, 6.07) is 21.4. The zero-order chi connectivity index (χ0) is 20.2. The molecule has 1 N–H and O–H groups in total. The number of aromatic nitrogens is 2. The smallest absolute Gasteiger partial charge is 0.252 e. The van der Waals surface area contributed by atoms with E-state index in [1.807, 2.05) is 66.7 Å². The lowest BCUT2D eigenvalue weighted by molar-refractivity contribution is 0.0937. The minimum Gasteiger partial charge on any atom is -0.345 e. The Balaban J connectivity index is 1.78. The number of carbonyl (C=O) groups is 1. The zero-order valence-corrected chi connectivity index (χ0v) is 17.6. The molecule has 2 heterocycles. The summed E-state index contributed by atoms with van der Waals surface area (Å²) in [5, 5.41) is 4.01. The van der Waals surface area contributed by atoms with Gasteiger partial charge in [0.15, 0.2) is 0 Å². The maximum atomic E-state index is 13.3. The second kappa shape index (κ2) is 8.53. The summed E-state index contributed by atoms with van der Waals surface area (Å²) in [6.45, 7) is 2.07. The number of nitrogens with one attached hydrogen (secondary N) is 1. The average Bonchev–Trinajstić information content (AvgIpc) is 2.77. The third-order valence-corrected chi connectivity index (χ3v) is 5.40. The third-order valence-electron chi connectivity index (χ3n) is 4.91. The highest BCUT2D eigenvalue weighted by molar-refractivity contribution is 9.10. The molecule has 4 nitrogen and oxygen atoms in total. The van der Waals surface area contributed by atoms with Gasteiger partial charge in [-0.3, -0.25) is 9.78 Å². The Bertz CT molecular complexity index is 1150. The maximum absolute atomic E-state index is 13.3. The summed E-state index contributed by atoms with van der Waals surface area (Å²) >= 11 is 3.51. The maximum Gasteiger partial charge on any atom is 0.252 e. The van der Waals surface area contributed by atoms with E-state index in [1.165, 1.54) is 0 Å². The lowest BCUT2D eigenvalue weighted by Gasteiger charge is -2.18. The first kappa shape index (κ1) is 19.3. The van der Waals surface area contributed by atoms with Crippen LogP contribution in [0.1, 0.15) is 35.3 Å². The van der Waals surface area contributed by atoms with E-state index in [1.54, 1.807) is 12.4 Å². The second-order valence-corrected chi connectivity index (χ2v) is 7.71. The van der Waals surface area contributed by atoms with Gasteiger partial charge in [-0.25, -0.2) is 4.98 Å². The van der Waals surface area contributed by atoms with Crippen molar-refractivity contribution in [3.8, 4) is 11.3 Å². The molecule has 4 rings (SSSR count). The number of amides is 1. The first-order valence-electron chi connectivity index (χ1n) is 9.52. The molecular weight excluding hydrogens is 426 g/mol. The van der Waals surface area contributed by atoms with Crippen molar-refractivity contribution in [2.45, 2.75) is 19.4 Å². The largest absolute Gasteiger partial charge is 0.345 e. The standard InChI is InChI=1S/C24H20BrN3O/c1-2-21(16-6-4-3-5-7-16)28-24(29)20-15-23(17-10-12-26-13-11-17)27-22-9-8-18(25)14-19(20)22/h3-15,21H,2H2,1H3,(H,28,29)/t21-/m0/s1. The van der Waals surface area contributed by atoms with Crippen molar-refractivity contribution in [2.24, 2.45) is 0 Å². The van der Waals surface area contributed by atoms with Crippen molar-refractivity contribution in [1.82, 2.24) is 15.3 Å². The van der Waals surface area contributed by atoms with Crippen molar-refractivity contribution in [3.63, 3.8) is 0 Å². The summed E-state index contributed by atoms with van der Waals surface area (Å²) in [4.78, 5) is 22.2. The Kier molecular flexibility index (Phi) is 5.67. The molecule has 0 fully saturated rings. The molecule has 2 aromatic heterocycles. The molecule has 0 aliphatic carbocycles. The number of fused-ring (bicyclic) bond motifs is 1. The number of rotatable bonds is 5. The van der Waals surface area contributed by atoms with Gasteiger partial charge in [0.2, 0.25) is 0 Å². The van der Waals surface area contributed by atoms with Gasteiger partial charge in [0.25, 0.3) is 5.91 Å². The van der Waals surface area contributed by atoms with E-state index in [2.05, 4.69) is 33.2 Å². The molecule has 0 spiro atoms. The fourth-order valence-electron chi connectivity index (χ4n) is 3.40. The van der Waals surface area contributed by atoms with Crippen LogP contribution >= 0.6 is 15.9 Å². The van der Waals surface area contributed by atoms with E-state index in [-0.39, 0.29) is 11.9 Å². The number of hydrogen-bond acceptors (Lipinski definition) is 3. The van der Waals surface area contributed by atoms with Crippen LogP contribution in [0.5, 0.6) is 0 Å². The van der Waals surface area contributed by atoms with Gasteiger partial charge in [0, 0.05) is 27.8 Å². The molecule has 0 saturated heterocycles. The Labute approximate surface area is 178 Å². The van der Waals surface area contributed by atoms with Gasteiger partial charge in [0.1, 0.15) is 0 Å². The van der Waals surface area contributed by atoms with Crippen LogP contribution in [0.25, 0.3) is 22.2 Å². The Morgan fingerprint density at radius 2 is 1.79 bits per heavy atom. The fourth-order valence-corrected chi connectivity index (χ4v) is 3.76. The molecule has 0 bridgehead atoms. The first-order chi connectivity index (χ1) is 14.2. The van der Waals surface area contributed by atoms with Gasteiger partial charge in [0.05, 0.1) is 22.8 Å². The van der Waals surface area contributed by atoms with Crippen LogP contribution in [-0.2, 0) is 0 Å². The average molecular weight is 446 g/mol. The molecule has 29 heavy (non-hydrogen) atoms. The van der Waals surface area contributed by atoms with Crippen molar-refractivity contribution < 1.29 is 4.79 Å². The van der Waals surface area contributed by atoms with Crippen molar-refractivity contribution >= 4 is 32.7 Å². The molecule has 4 aromatic rings. The molecule has 0 saturated carbocycles. The summed E-state index contributed by atoms with van der Waals surface area (Å²) in [5.74, 6) is -0.110. The summed E-state index contributed by atoms with van der Waals surface area (Å²) in [5.41, 5.74) is 4.16. The molecule has 144 valence electrons. The minimum atomic E-state index is -0.110. The van der Waals surface area contributed by atoms with E-state index < -0.39 is 0 Å². The van der Waals surface area contributed by atoms with Crippen LogP contribution in [0, 0.1) is 0 Å². The highest BCUT2D eigenvalue weighted by atomic mass is 79.9. The lowest BCUT2D eigenvalue weighted by Crippen LogP contribution is -2.28. The molecule has 1 amide bonds. The van der Waals surface area contributed by atoms with Gasteiger partial charge in [-0.05, 0) is 48.4 Å². The van der Waals surface area contributed by atoms with Crippen molar-refractivity contribution in [2.75, 3.05) is 0 Å². The van der Waals surface area contributed by atoms with Gasteiger partial charge in [-0.15, -0.1) is 0 Å². The van der Waals surface area contributed by atoms with Crippen molar-refractivity contribution in [3.05, 3.63) is 94.7 Å². The van der Waals surface area contributed by atoms with Gasteiger partial charge < -0.3 is 5.32 Å². The van der Waals surface area contributed by atoms with Crippen LogP contribution in [0.3, 0.4) is 0 Å². The predicted octanol–water partition coefficient (Wildman–Crippen LogP) is 5.94. The van der Waals surface area contributed by atoms with Crippen LogP contribution in [0.4, 0.5) is 0 Å². The summed E-state index contributed by atoms with van der Waals surface area (Å²) < 4.78 is 0.910. The number of halogens is 1. The first-order valence-corrected chi connectivity index (χ1v) is 10.3. The second-order valence-electron chi connectivity index (χ2n) is 6.80. The van der Waals surface area contributed by atoms with Crippen LogP contribution in [0.15, 0.2) is 83.6 Å². The van der Waals surface area contributed by atoms with E-state index in [0.717, 1.165) is 38.6 Å². The monoisotopic (exact) mass is 445 g/mol. The highest BCUT2D eigenvalue weighted by Crippen LogP contribution is 2.28. The number of benzene rings is 2. The fraction of sp³-hybridized carbons (Fsp3) is 0.125. The topological polar surface area (TPSA) is 54.9 Å². The Morgan fingerprint density at radius 3 is 2.52 bits per heavy atom. The lowest BCUT2D eigenvalue weighted by atomic mass is 10.0. The Hall–Kier alpha value is -3.05. The van der Waals surface area contributed by atoms with E-state index in [4.69, 9.17) is 4.98 Å². The molecule has 2 aromatic carbocycles. The number of nitrogens with zero attached hydrogens (tertiary/aromatic N) is 2. The van der Waals surface area contributed by atoms with Gasteiger partial charge >= 0.3 is 0 Å². The molecule has 1 atom stereocenters. The summed E-state index contributed by atoms with van der Waals surface area (Å²) in [7, 11) is 0.